The molecule has 0 saturated carbocycles. The molecule has 9 heteroatoms. The first kappa shape index (κ1) is 21.6. The maximum atomic E-state index is 12.5. The second-order valence-corrected chi connectivity index (χ2v) is 11.1. The summed E-state index contributed by atoms with van der Waals surface area (Å²) < 4.78 is 26.5. The van der Waals surface area contributed by atoms with E-state index in [2.05, 4.69) is 10.0 Å². The quantitative estimate of drug-likeness (QED) is 0.779. The van der Waals surface area contributed by atoms with E-state index in [9.17, 15) is 18.0 Å². The van der Waals surface area contributed by atoms with Gasteiger partial charge in [-0.05, 0) is 64.3 Å². The molecule has 8 nitrogen and oxygen atoms in total. The van der Waals surface area contributed by atoms with Gasteiger partial charge in [-0.3, -0.25) is 4.79 Å². The number of rotatable bonds is 4. The summed E-state index contributed by atoms with van der Waals surface area (Å²) in [5, 5.41) is 2.87. The number of hydrogen-bond acceptors (Lipinski definition) is 4. The van der Waals surface area contributed by atoms with E-state index in [1.807, 2.05) is 12.1 Å². The number of carbonyl (C=O) groups excluding carboxylic acids is 2. The maximum Gasteiger partial charge on any atom is 0.321 e. The lowest BCUT2D eigenvalue weighted by Gasteiger charge is -2.33. The molecule has 2 fully saturated rings. The molecular formula is C20H30N4O4S. The fourth-order valence-corrected chi connectivity index (χ4v) is 4.47. The van der Waals surface area contributed by atoms with E-state index in [-0.39, 0.29) is 18.0 Å². The third-order valence-electron chi connectivity index (χ3n) is 5.41. The molecule has 0 bridgehead atoms. The Kier molecular flexibility index (Phi) is 6.19. The molecule has 0 radical (unpaired) electrons. The summed E-state index contributed by atoms with van der Waals surface area (Å²) in [4.78, 5) is 27.8. The summed E-state index contributed by atoms with van der Waals surface area (Å²) in [6, 6.07) is 6.91. The number of likely N-dealkylation sites (tertiary alicyclic amines) is 1. The SMILES string of the molecule is CC(C)(C)S(=O)(=O)NC1CCN(C(=O)Nc2ccc(N3CCCC3=O)cc2)CC1. The molecule has 2 saturated heterocycles. The Morgan fingerprint density at radius 1 is 1.07 bits per heavy atom. The maximum absolute atomic E-state index is 12.5. The average Bonchev–Trinajstić information content (AvgIpc) is 3.07. The lowest BCUT2D eigenvalue weighted by atomic mass is 10.1. The van der Waals surface area contributed by atoms with Crippen LogP contribution in [0.25, 0.3) is 0 Å². The highest BCUT2D eigenvalue weighted by molar-refractivity contribution is 7.90. The van der Waals surface area contributed by atoms with E-state index in [1.54, 1.807) is 42.7 Å². The normalized spacial score (nSPS) is 18.9. The number of urea groups is 1. The number of anilines is 2. The highest BCUT2D eigenvalue weighted by atomic mass is 32.2. The Labute approximate surface area is 172 Å². The minimum absolute atomic E-state index is 0.131. The van der Waals surface area contributed by atoms with E-state index >= 15 is 0 Å². The summed E-state index contributed by atoms with van der Waals surface area (Å²) in [6.45, 7) is 6.72. The van der Waals surface area contributed by atoms with Crippen LogP contribution in [0.3, 0.4) is 0 Å². The van der Waals surface area contributed by atoms with Gasteiger partial charge in [0.15, 0.2) is 0 Å². The first-order valence-electron chi connectivity index (χ1n) is 10.0. The van der Waals surface area contributed by atoms with Crippen molar-refractivity contribution < 1.29 is 18.0 Å². The second-order valence-electron chi connectivity index (χ2n) is 8.62. The molecule has 0 aromatic heterocycles. The predicted molar refractivity (Wildman–Crippen MR) is 113 cm³/mol. The van der Waals surface area contributed by atoms with Crippen LogP contribution in [-0.4, -0.2) is 55.7 Å². The number of sulfonamides is 1. The Balaban J connectivity index is 1.50. The van der Waals surface area contributed by atoms with Crippen molar-refractivity contribution in [3.05, 3.63) is 24.3 Å². The Hall–Kier alpha value is -2.13. The second kappa shape index (κ2) is 8.31. The van der Waals surface area contributed by atoms with Crippen LogP contribution in [-0.2, 0) is 14.8 Å². The molecule has 0 spiro atoms. The van der Waals surface area contributed by atoms with Gasteiger partial charge < -0.3 is 15.1 Å². The minimum atomic E-state index is -3.40. The molecule has 0 atom stereocenters. The van der Waals surface area contributed by atoms with Crippen molar-refractivity contribution in [2.75, 3.05) is 29.9 Å². The lowest BCUT2D eigenvalue weighted by Crippen LogP contribution is -2.50. The molecule has 2 aliphatic rings. The van der Waals surface area contributed by atoms with Gasteiger partial charge >= 0.3 is 6.03 Å². The first-order valence-corrected chi connectivity index (χ1v) is 11.5. The number of nitrogens with one attached hydrogen (secondary N) is 2. The highest BCUT2D eigenvalue weighted by Crippen LogP contribution is 2.23. The molecule has 0 unspecified atom stereocenters. The predicted octanol–water partition coefficient (Wildman–Crippen LogP) is 2.53. The Morgan fingerprint density at radius 3 is 2.21 bits per heavy atom. The van der Waals surface area contributed by atoms with Crippen LogP contribution in [0.5, 0.6) is 0 Å². The summed E-state index contributed by atoms with van der Waals surface area (Å²) in [5.41, 5.74) is 1.51. The highest BCUT2D eigenvalue weighted by Gasteiger charge is 2.33. The van der Waals surface area contributed by atoms with Crippen LogP contribution < -0.4 is 14.9 Å². The molecule has 0 aliphatic carbocycles. The molecule has 1 aromatic carbocycles. The number of amides is 3. The lowest BCUT2D eigenvalue weighted by molar-refractivity contribution is -0.117. The molecular weight excluding hydrogens is 392 g/mol. The van der Waals surface area contributed by atoms with Crippen molar-refractivity contribution in [1.29, 1.82) is 0 Å². The van der Waals surface area contributed by atoms with E-state index < -0.39 is 14.8 Å². The van der Waals surface area contributed by atoms with Crippen LogP contribution in [0.15, 0.2) is 24.3 Å². The van der Waals surface area contributed by atoms with Crippen LogP contribution in [0, 0.1) is 0 Å². The molecule has 1 aromatic rings. The van der Waals surface area contributed by atoms with Crippen molar-refractivity contribution in [2.45, 2.75) is 57.2 Å². The van der Waals surface area contributed by atoms with Gasteiger partial charge in [0.2, 0.25) is 15.9 Å². The first-order chi connectivity index (χ1) is 13.6. The third kappa shape index (κ3) is 5.08. The smallest absolute Gasteiger partial charge is 0.321 e. The van der Waals surface area contributed by atoms with Gasteiger partial charge in [0.05, 0.1) is 4.75 Å². The monoisotopic (exact) mass is 422 g/mol. The fourth-order valence-electron chi connectivity index (χ4n) is 3.45. The average molecular weight is 423 g/mol. The standard InChI is InChI=1S/C20H30N4O4S/c1-20(2,3)29(27,28)22-16-10-13-23(14-11-16)19(26)21-15-6-8-17(9-7-15)24-12-4-5-18(24)25/h6-9,16,22H,4-5,10-14H2,1-3H3,(H,21,26). The molecule has 2 N–H and O–H groups in total. The van der Waals surface area contributed by atoms with E-state index in [0.29, 0.717) is 38.0 Å². The van der Waals surface area contributed by atoms with Gasteiger partial charge in [0, 0.05) is 43.5 Å². The minimum Gasteiger partial charge on any atom is -0.324 e. The largest absolute Gasteiger partial charge is 0.324 e. The molecule has 2 heterocycles. The van der Waals surface area contributed by atoms with Gasteiger partial charge in [-0.15, -0.1) is 0 Å². The topological polar surface area (TPSA) is 98.8 Å². The molecule has 2 aliphatic heterocycles. The van der Waals surface area contributed by atoms with E-state index in [0.717, 1.165) is 18.7 Å². The number of hydrogen-bond donors (Lipinski definition) is 2. The van der Waals surface area contributed by atoms with Crippen molar-refractivity contribution in [3.8, 4) is 0 Å². The summed E-state index contributed by atoms with van der Waals surface area (Å²) in [5.74, 6) is 0.131. The summed E-state index contributed by atoms with van der Waals surface area (Å²) in [7, 11) is -3.40. The Morgan fingerprint density at radius 2 is 1.69 bits per heavy atom. The van der Waals surface area contributed by atoms with Gasteiger partial charge in [-0.2, -0.15) is 0 Å². The number of carbonyl (C=O) groups is 2. The van der Waals surface area contributed by atoms with Gasteiger partial charge in [-0.1, -0.05) is 0 Å². The molecule has 160 valence electrons. The van der Waals surface area contributed by atoms with Crippen LogP contribution in [0.4, 0.5) is 16.2 Å². The summed E-state index contributed by atoms with van der Waals surface area (Å²) >= 11 is 0. The van der Waals surface area contributed by atoms with Gasteiger partial charge in [-0.25, -0.2) is 17.9 Å². The zero-order valence-electron chi connectivity index (χ0n) is 17.3. The third-order valence-corrected chi connectivity index (χ3v) is 7.67. The summed E-state index contributed by atoms with van der Waals surface area (Å²) in [6.07, 6.45) is 2.62. The van der Waals surface area contributed by atoms with E-state index in [4.69, 9.17) is 0 Å². The number of nitrogens with zero attached hydrogens (tertiary/aromatic N) is 2. The molecule has 29 heavy (non-hydrogen) atoms. The van der Waals surface area contributed by atoms with Crippen molar-refractivity contribution >= 4 is 33.3 Å². The van der Waals surface area contributed by atoms with Crippen LogP contribution in [0.1, 0.15) is 46.5 Å². The van der Waals surface area contributed by atoms with Gasteiger partial charge in [0.1, 0.15) is 0 Å². The van der Waals surface area contributed by atoms with Crippen molar-refractivity contribution in [1.82, 2.24) is 9.62 Å². The van der Waals surface area contributed by atoms with Crippen LogP contribution in [0.2, 0.25) is 0 Å². The molecule has 3 amide bonds. The number of piperidine rings is 1. The Bertz CT molecular complexity index is 853. The fraction of sp³-hybridized carbons (Fsp3) is 0.600. The molecule has 3 rings (SSSR count). The van der Waals surface area contributed by atoms with Crippen molar-refractivity contribution in [3.63, 3.8) is 0 Å². The number of benzene rings is 1. The zero-order valence-corrected chi connectivity index (χ0v) is 18.1. The van der Waals surface area contributed by atoms with Crippen LogP contribution >= 0.6 is 0 Å². The zero-order chi connectivity index (χ0) is 21.2. The van der Waals surface area contributed by atoms with E-state index in [1.165, 1.54) is 0 Å². The van der Waals surface area contributed by atoms with Crippen molar-refractivity contribution in [2.24, 2.45) is 0 Å². The van der Waals surface area contributed by atoms with Gasteiger partial charge in [0.25, 0.3) is 0 Å².